The van der Waals surface area contributed by atoms with E-state index in [-0.39, 0.29) is 12.1 Å². The first kappa shape index (κ1) is 5.92. The van der Waals surface area contributed by atoms with E-state index in [4.69, 9.17) is 4.74 Å². The highest BCUT2D eigenvalue weighted by atomic mass is 16.6. The molecular formula is C7H8O3. The van der Waals surface area contributed by atoms with Gasteiger partial charge in [-0.05, 0) is 0 Å². The Morgan fingerprint density at radius 3 is 3.10 bits per heavy atom. The molecule has 1 fully saturated rings. The molecule has 0 amide bonds. The van der Waals surface area contributed by atoms with Gasteiger partial charge >= 0.3 is 5.97 Å². The third-order valence-electron chi connectivity index (χ3n) is 2.00. The van der Waals surface area contributed by atoms with Gasteiger partial charge in [-0.1, -0.05) is 12.2 Å². The van der Waals surface area contributed by atoms with Gasteiger partial charge in [0.1, 0.15) is 18.1 Å². The van der Waals surface area contributed by atoms with Crippen molar-refractivity contribution >= 4 is 5.97 Å². The summed E-state index contributed by atoms with van der Waals surface area (Å²) in [5.74, 6) is -0.676. The molecule has 3 nitrogen and oxygen atoms in total. The minimum atomic E-state index is -0.600. The first-order chi connectivity index (χ1) is 4.79. The van der Waals surface area contributed by atoms with Crippen LogP contribution >= 0.6 is 0 Å². The van der Waals surface area contributed by atoms with Gasteiger partial charge in [-0.3, -0.25) is 4.79 Å². The Hall–Kier alpha value is -0.830. The van der Waals surface area contributed by atoms with Crippen LogP contribution in [0.3, 0.4) is 0 Å². The summed E-state index contributed by atoms with van der Waals surface area (Å²) < 4.78 is 4.85. The van der Waals surface area contributed by atoms with Crippen LogP contribution in [0.25, 0.3) is 0 Å². The number of esters is 1. The Morgan fingerprint density at radius 2 is 2.50 bits per heavy atom. The third kappa shape index (κ3) is 0.609. The number of fused-ring (bicyclic) bond motifs is 2. The zero-order valence-electron chi connectivity index (χ0n) is 5.36. The van der Waals surface area contributed by atoms with Crippen LogP contribution in [-0.4, -0.2) is 23.3 Å². The van der Waals surface area contributed by atoms with E-state index in [1.54, 1.807) is 6.08 Å². The molecule has 54 valence electrons. The summed E-state index contributed by atoms with van der Waals surface area (Å²) >= 11 is 0. The molecule has 0 aromatic carbocycles. The Morgan fingerprint density at radius 1 is 1.70 bits per heavy atom. The van der Waals surface area contributed by atoms with Crippen LogP contribution < -0.4 is 0 Å². The van der Waals surface area contributed by atoms with E-state index in [9.17, 15) is 9.90 Å². The molecule has 2 bridgehead atoms. The summed E-state index contributed by atoms with van der Waals surface area (Å²) in [4.78, 5) is 10.8. The Kier molecular flexibility index (Phi) is 1.08. The fraction of sp³-hybridized carbons (Fsp3) is 0.571. The summed E-state index contributed by atoms with van der Waals surface area (Å²) in [6.07, 6.45) is 3.38. The lowest BCUT2D eigenvalue weighted by Gasteiger charge is -2.14. The largest absolute Gasteiger partial charge is 0.459 e. The average molecular weight is 140 g/mol. The molecular weight excluding hydrogens is 132 g/mol. The molecule has 3 heteroatoms. The fourth-order valence-corrected chi connectivity index (χ4v) is 1.41. The van der Waals surface area contributed by atoms with Gasteiger partial charge < -0.3 is 9.84 Å². The maximum absolute atomic E-state index is 10.8. The lowest BCUT2D eigenvalue weighted by atomic mass is 9.94. The number of rotatable bonds is 0. The second kappa shape index (κ2) is 1.83. The molecule has 1 aliphatic heterocycles. The summed E-state index contributed by atoms with van der Waals surface area (Å²) in [6.45, 7) is 0. The number of ether oxygens (including phenoxy) is 1. The summed E-state index contributed by atoms with van der Waals surface area (Å²) in [5.41, 5.74) is 0. The van der Waals surface area contributed by atoms with Gasteiger partial charge in [0.2, 0.25) is 0 Å². The molecule has 1 aliphatic carbocycles. The topological polar surface area (TPSA) is 46.5 Å². The molecule has 3 unspecified atom stereocenters. The first-order valence-electron chi connectivity index (χ1n) is 3.34. The molecule has 1 saturated heterocycles. The summed E-state index contributed by atoms with van der Waals surface area (Å²) in [5, 5.41) is 9.28. The Balaban J connectivity index is 2.32. The van der Waals surface area contributed by atoms with E-state index in [1.165, 1.54) is 0 Å². The van der Waals surface area contributed by atoms with E-state index in [0.29, 0.717) is 6.42 Å². The van der Waals surface area contributed by atoms with Gasteiger partial charge in [0, 0.05) is 6.42 Å². The van der Waals surface area contributed by atoms with Crippen molar-refractivity contribution in [1.29, 1.82) is 0 Å². The third-order valence-corrected chi connectivity index (χ3v) is 2.00. The normalized spacial score (nSPS) is 43.7. The van der Waals surface area contributed by atoms with Gasteiger partial charge in [0.25, 0.3) is 0 Å². The Labute approximate surface area is 58.3 Å². The van der Waals surface area contributed by atoms with E-state index < -0.39 is 12.0 Å². The van der Waals surface area contributed by atoms with E-state index >= 15 is 0 Å². The zero-order chi connectivity index (χ0) is 7.14. The highest BCUT2D eigenvalue weighted by Crippen LogP contribution is 2.29. The van der Waals surface area contributed by atoms with Gasteiger partial charge in [-0.25, -0.2) is 0 Å². The summed E-state index contributed by atoms with van der Waals surface area (Å²) in [6, 6.07) is 0. The van der Waals surface area contributed by atoms with Crippen molar-refractivity contribution in [1.82, 2.24) is 0 Å². The molecule has 1 heterocycles. The first-order valence-corrected chi connectivity index (χ1v) is 3.34. The predicted octanol–water partition coefficient (Wildman–Crippen LogP) is -0.151. The van der Waals surface area contributed by atoms with Crippen molar-refractivity contribution in [2.75, 3.05) is 0 Å². The zero-order valence-corrected chi connectivity index (χ0v) is 5.36. The Bertz CT molecular complexity index is 197. The highest BCUT2D eigenvalue weighted by Gasteiger charge is 2.43. The van der Waals surface area contributed by atoms with Crippen molar-refractivity contribution in [3.8, 4) is 0 Å². The molecule has 0 aromatic heterocycles. The second-order valence-corrected chi connectivity index (χ2v) is 2.66. The van der Waals surface area contributed by atoms with E-state index in [2.05, 4.69) is 0 Å². The molecule has 3 atom stereocenters. The SMILES string of the molecule is O=C1OC2CC=CC1C2O. The number of aliphatic hydroxyl groups is 1. The van der Waals surface area contributed by atoms with Crippen molar-refractivity contribution in [3.63, 3.8) is 0 Å². The average Bonchev–Trinajstić information content (AvgIpc) is 2.16. The van der Waals surface area contributed by atoms with Gasteiger partial charge in [0.15, 0.2) is 0 Å². The number of aliphatic hydroxyl groups excluding tert-OH is 1. The van der Waals surface area contributed by atoms with Gasteiger partial charge in [0.05, 0.1) is 0 Å². The molecule has 0 spiro atoms. The van der Waals surface area contributed by atoms with E-state index in [1.807, 2.05) is 6.08 Å². The van der Waals surface area contributed by atoms with E-state index in [0.717, 1.165) is 0 Å². The van der Waals surface area contributed by atoms with Crippen LogP contribution in [0.1, 0.15) is 6.42 Å². The molecule has 0 radical (unpaired) electrons. The van der Waals surface area contributed by atoms with Gasteiger partial charge in [-0.2, -0.15) is 0 Å². The fourth-order valence-electron chi connectivity index (χ4n) is 1.41. The number of carbonyl (C=O) groups is 1. The quantitative estimate of drug-likeness (QED) is 0.376. The molecule has 0 aromatic rings. The smallest absolute Gasteiger partial charge is 0.315 e. The molecule has 2 aliphatic rings. The lowest BCUT2D eigenvalue weighted by Crippen LogP contribution is -2.27. The maximum atomic E-state index is 10.8. The number of hydrogen-bond donors (Lipinski definition) is 1. The van der Waals surface area contributed by atoms with Crippen molar-refractivity contribution in [3.05, 3.63) is 12.2 Å². The number of hydrogen-bond acceptors (Lipinski definition) is 3. The molecule has 1 N–H and O–H groups in total. The van der Waals surface area contributed by atoms with Gasteiger partial charge in [-0.15, -0.1) is 0 Å². The minimum absolute atomic E-state index is 0.275. The predicted molar refractivity (Wildman–Crippen MR) is 33.1 cm³/mol. The van der Waals surface area contributed by atoms with Crippen LogP contribution in [0, 0.1) is 5.92 Å². The van der Waals surface area contributed by atoms with Crippen LogP contribution in [0.2, 0.25) is 0 Å². The van der Waals surface area contributed by atoms with Crippen LogP contribution in [0.5, 0.6) is 0 Å². The van der Waals surface area contributed by atoms with Crippen molar-refractivity contribution < 1.29 is 14.6 Å². The standard InChI is InChI=1S/C7H8O3/c8-6-4-2-1-3-5(6)10-7(4)9/h1-2,4-6,8H,3H2. The monoisotopic (exact) mass is 140 g/mol. The van der Waals surface area contributed by atoms with Crippen molar-refractivity contribution in [2.45, 2.75) is 18.6 Å². The molecule has 0 saturated carbocycles. The second-order valence-electron chi connectivity index (χ2n) is 2.66. The highest BCUT2D eigenvalue weighted by molar-refractivity contribution is 5.78. The van der Waals surface area contributed by atoms with Crippen LogP contribution in [0.15, 0.2) is 12.2 Å². The minimum Gasteiger partial charge on any atom is -0.459 e. The molecule has 10 heavy (non-hydrogen) atoms. The molecule has 2 rings (SSSR count). The van der Waals surface area contributed by atoms with Crippen LogP contribution in [0.4, 0.5) is 0 Å². The maximum Gasteiger partial charge on any atom is 0.315 e. The lowest BCUT2D eigenvalue weighted by molar-refractivity contribution is -0.142. The summed E-state index contributed by atoms with van der Waals surface area (Å²) in [7, 11) is 0. The van der Waals surface area contributed by atoms with Crippen LogP contribution in [-0.2, 0) is 9.53 Å². The number of carbonyl (C=O) groups excluding carboxylic acids is 1. The van der Waals surface area contributed by atoms with Crippen molar-refractivity contribution in [2.24, 2.45) is 5.92 Å².